The number of carbonyl (C=O) groups is 1. The van der Waals surface area contributed by atoms with Crippen molar-refractivity contribution in [1.29, 1.82) is 0 Å². The van der Waals surface area contributed by atoms with Gasteiger partial charge in [-0.25, -0.2) is 0 Å². The molecule has 0 spiro atoms. The molecule has 6 heteroatoms. The predicted octanol–water partition coefficient (Wildman–Crippen LogP) is 5.28. The maximum Gasteiger partial charge on any atom is 0.264 e. The van der Waals surface area contributed by atoms with Gasteiger partial charge in [-0.3, -0.25) is 9.35 Å². The van der Waals surface area contributed by atoms with Crippen LogP contribution in [-0.2, 0) is 21.3 Å². The van der Waals surface area contributed by atoms with Gasteiger partial charge in [0.05, 0.1) is 5.75 Å². The highest BCUT2D eigenvalue weighted by atomic mass is 32.2. The molecule has 140 valence electrons. The fourth-order valence-corrected chi connectivity index (χ4v) is 3.51. The Labute approximate surface area is 151 Å². The Morgan fingerprint density at radius 2 is 1.67 bits per heavy atom. The molecule has 0 aromatic carbocycles. The van der Waals surface area contributed by atoms with Crippen LogP contribution in [-0.4, -0.2) is 24.5 Å². The SMILES string of the molecule is C1CCCCC1.CCC(=O)Cc1cccs1.CCCCS(=O)(=O)O. The number of unbranched alkanes of at least 4 members (excludes halogenated alkanes) is 1. The molecule has 1 heterocycles. The Morgan fingerprint density at radius 1 is 1.12 bits per heavy atom. The van der Waals surface area contributed by atoms with Crippen LogP contribution in [0.5, 0.6) is 0 Å². The molecule has 0 bridgehead atoms. The van der Waals surface area contributed by atoms with E-state index in [4.69, 9.17) is 4.55 Å². The molecule has 24 heavy (non-hydrogen) atoms. The third-order valence-electron chi connectivity index (χ3n) is 3.60. The molecule has 0 amide bonds. The van der Waals surface area contributed by atoms with Crippen LogP contribution in [0.4, 0.5) is 0 Å². The van der Waals surface area contributed by atoms with E-state index in [0.29, 0.717) is 25.0 Å². The standard InChI is InChI=1S/C8H10OS.C6H12.C4H10O3S/c1-2-7(9)6-8-4-3-5-10-8;1-2-4-6-5-3-1;1-2-3-4-8(5,6)7/h3-5H,2,6H2,1H3;1-6H2;2-4H2,1H3,(H,5,6,7). The van der Waals surface area contributed by atoms with Gasteiger partial charge in [0, 0.05) is 17.7 Å². The maximum atomic E-state index is 10.9. The Bertz CT molecular complexity index is 492. The van der Waals surface area contributed by atoms with Crippen LogP contribution in [0.1, 0.15) is 76.5 Å². The molecule has 1 aromatic heterocycles. The maximum absolute atomic E-state index is 10.9. The van der Waals surface area contributed by atoms with Gasteiger partial charge in [-0.15, -0.1) is 11.3 Å². The molecular weight excluding hydrogens is 344 g/mol. The zero-order valence-corrected chi connectivity index (χ0v) is 16.6. The summed E-state index contributed by atoms with van der Waals surface area (Å²) >= 11 is 1.65. The third-order valence-corrected chi connectivity index (χ3v) is 5.28. The van der Waals surface area contributed by atoms with Gasteiger partial charge in [0.25, 0.3) is 10.1 Å². The van der Waals surface area contributed by atoms with E-state index in [1.807, 2.05) is 31.4 Å². The van der Waals surface area contributed by atoms with E-state index in [9.17, 15) is 13.2 Å². The van der Waals surface area contributed by atoms with E-state index in [0.717, 1.165) is 6.42 Å². The molecule has 0 atom stereocenters. The van der Waals surface area contributed by atoms with Gasteiger partial charge in [0.15, 0.2) is 0 Å². The second-order valence-corrected chi connectivity index (χ2v) is 8.51. The van der Waals surface area contributed by atoms with Gasteiger partial charge < -0.3 is 0 Å². The first-order valence-electron chi connectivity index (χ1n) is 8.88. The summed E-state index contributed by atoms with van der Waals surface area (Å²) in [5, 5.41) is 2.00. The minimum atomic E-state index is -3.69. The summed E-state index contributed by atoms with van der Waals surface area (Å²) in [4.78, 5) is 12.1. The lowest BCUT2D eigenvalue weighted by Gasteiger charge is -2.05. The highest BCUT2D eigenvalue weighted by molar-refractivity contribution is 7.85. The summed E-state index contributed by atoms with van der Waals surface area (Å²) < 4.78 is 28.0. The zero-order valence-electron chi connectivity index (χ0n) is 15.0. The van der Waals surface area contributed by atoms with Gasteiger partial charge in [-0.2, -0.15) is 8.42 Å². The van der Waals surface area contributed by atoms with Crippen molar-refractivity contribution in [3.8, 4) is 0 Å². The normalized spacial score (nSPS) is 14.0. The smallest absolute Gasteiger partial charge is 0.264 e. The van der Waals surface area contributed by atoms with Gasteiger partial charge in [0.2, 0.25) is 0 Å². The van der Waals surface area contributed by atoms with Crippen molar-refractivity contribution in [2.45, 2.75) is 78.1 Å². The molecule has 1 aromatic rings. The number of thiophene rings is 1. The van der Waals surface area contributed by atoms with Gasteiger partial charge >= 0.3 is 0 Å². The molecule has 1 aliphatic rings. The average Bonchev–Trinajstić information content (AvgIpc) is 3.08. The molecule has 2 rings (SSSR count). The van der Waals surface area contributed by atoms with Crippen LogP contribution in [0, 0.1) is 0 Å². The molecule has 0 radical (unpaired) electrons. The van der Waals surface area contributed by atoms with Gasteiger partial charge in [-0.05, 0) is 17.9 Å². The molecule has 4 nitrogen and oxygen atoms in total. The summed E-state index contributed by atoms with van der Waals surface area (Å²) in [5.41, 5.74) is 0. The van der Waals surface area contributed by atoms with Crippen molar-refractivity contribution in [3.05, 3.63) is 22.4 Å². The summed E-state index contributed by atoms with van der Waals surface area (Å²) in [6.07, 6.45) is 11.6. The van der Waals surface area contributed by atoms with Gasteiger partial charge in [0.1, 0.15) is 5.78 Å². The van der Waals surface area contributed by atoms with E-state index in [-0.39, 0.29) is 5.75 Å². The summed E-state index contributed by atoms with van der Waals surface area (Å²) in [5.74, 6) is 0.214. The molecule has 1 N–H and O–H groups in total. The summed E-state index contributed by atoms with van der Waals surface area (Å²) in [6, 6.07) is 3.97. The molecule has 0 saturated heterocycles. The van der Waals surface area contributed by atoms with Crippen molar-refractivity contribution in [3.63, 3.8) is 0 Å². The van der Waals surface area contributed by atoms with Crippen molar-refractivity contribution in [1.82, 2.24) is 0 Å². The number of ketones is 1. The van der Waals surface area contributed by atoms with E-state index in [1.54, 1.807) is 11.3 Å². The fourth-order valence-electron chi connectivity index (χ4n) is 2.12. The summed E-state index contributed by atoms with van der Waals surface area (Å²) in [6.45, 7) is 3.76. The summed E-state index contributed by atoms with van der Waals surface area (Å²) in [7, 11) is -3.69. The molecule has 1 saturated carbocycles. The Kier molecular flexibility index (Phi) is 14.2. The lowest BCUT2D eigenvalue weighted by Crippen LogP contribution is -2.02. The second kappa shape index (κ2) is 14.6. The lowest BCUT2D eigenvalue weighted by molar-refractivity contribution is -0.118. The average molecular weight is 377 g/mol. The molecule has 1 fully saturated rings. The second-order valence-electron chi connectivity index (χ2n) is 5.91. The number of rotatable bonds is 6. The minimum absolute atomic E-state index is 0.108. The van der Waals surface area contributed by atoms with Crippen LogP contribution < -0.4 is 0 Å². The number of hydrogen-bond acceptors (Lipinski definition) is 4. The quantitative estimate of drug-likeness (QED) is 0.685. The van der Waals surface area contributed by atoms with E-state index in [1.165, 1.54) is 43.4 Å². The van der Waals surface area contributed by atoms with E-state index < -0.39 is 10.1 Å². The molecule has 1 aliphatic carbocycles. The van der Waals surface area contributed by atoms with Crippen molar-refractivity contribution < 1.29 is 17.8 Å². The van der Waals surface area contributed by atoms with Crippen molar-refractivity contribution >= 4 is 27.2 Å². The molecular formula is C18H32O4S2. The lowest BCUT2D eigenvalue weighted by atomic mass is 10.0. The Morgan fingerprint density at radius 3 is 1.96 bits per heavy atom. The van der Waals surface area contributed by atoms with E-state index >= 15 is 0 Å². The molecule has 0 unspecified atom stereocenters. The zero-order chi connectivity index (χ0) is 18.3. The van der Waals surface area contributed by atoms with Crippen LogP contribution in [0.25, 0.3) is 0 Å². The molecule has 0 aliphatic heterocycles. The van der Waals surface area contributed by atoms with Crippen LogP contribution in [0.15, 0.2) is 17.5 Å². The topological polar surface area (TPSA) is 71.4 Å². The van der Waals surface area contributed by atoms with Crippen LogP contribution in [0.3, 0.4) is 0 Å². The number of Topliss-reactive ketones (excluding diaryl/α,β-unsaturated/α-hetero) is 1. The fraction of sp³-hybridized carbons (Fsp3) is 0.722. The van der Waals surface area contributed by atoms with Crippen molar-refractivity contribution in [2.24, 2.45) is 0 Å². The van der Waals surface area contributed by atoms with Gasteiger partial charge in [-0.1, -0.05) is 64.9 Å². The van der Waals surface area contributed by atoms with Crippen LogP contribution in [0.2, 0.25) is 0 Å². The number of hydrogen-bond donors (Lipinski definition) is 1. The van der Waals surface area contributed by atoms with Crippen LogP contribution >= 0.6 is 11.3 Å². The van der Waals surface area contributed by atoms with Crippen molar-refractivity contribution in [2.75, 3.05) is 5.75 Å². The predicted molar refractivity (Wildman–Crippen MR) is 102 cm³/mol. The Hall–Kier alpha value is -0.720. The third kappa shape index (κ3) is 16.1. The first kappa shape index (κ1) is 23.3. The first-order valence-corrected chi connectivity index (χ1v) is 11.4. The largest absolute Gasteiger partial charge is 0.299 e. The minimum Gasteiger partial charge on any atom is -0.299 e. The first-order chi connectivity index (χ1) is 11.4. The Balaban J connectivity index is 0.000000342. The highest BCUT2D eigenvalue weighted by Gasteiger charge is 2.00. The van der Waals surface area contributed by atoms with E-state index in [2.05, 4.69) is 0 Å². The highest BCUT2D eigenvalue weighted by Crippen LogP contribution is 2.15. The number of carbonyl (C=O) groups excluding carboxylic acids is 1. The monoisotopic (exact) mass is 376 g/mol.